The van der Waals surface area contributed by atoms with Gasteiger partial charge in [0.1, 0.15) is 0 Å². The first kappa shape index (κ1) is 14.2. The molecule has 2 heteroatoms. The smallest absolute Gasteiger partial charge is 0.194 e. The van der Waals surface area contributed by atoms with Gasteiger partial charge < -0.3 is 0 Å². The van der Waals surface area contributed by atoms with E-state index in [1.807, 2.05) is 12.1 Å². The van der Waals surface area contributed by atoms with Crippen molar-refractivity contribution in [2.24, 2.45) is 0 Å². The van der Waals surface area contributed by atoms with Crippen LogP contribution in [0.4, 0.5) is 0 Å². The van der Waals surface area contributed by atoms with Gasteiger partial charge in [0.25, 0.3) is 0 Å². The van der Waals surface area contributed by atoms with Gasteiger partial charge in [0.2, 0.25) is 0 Å². The SMILES string of the molecule is CCc1cccc(C(=O)c2ccccc2C=O)c1CC. The molecule has 0 aliphatic carbocycles. The van der Waals surface area contributed by atoms with Gasteiger partial charge in [-0.3, -0.25) is 9.59 Å². The number of benzene rings is 2. The van der Waals surface area contributed by atoms with Gasteiger partial charge in [-0.2, -0.15) is 0 Å². The third-order valence-corrected chi connectivity index (χ3v) is 3.58. The van der Waals surface area contributed by atoms with Crippen molar-refractivity contribution >= 4 is 12.1 Å². The quantitative estimate of drug-likeness (QED) is 0.608. The van der Waals surface area contributed by atoms with Crippen molar-refractivity contribution in [2.75, 3.05) is 0 Å². The van der Waals surface area contributed by atoms with Crippen LogP contribution in [-0.2, 0) is 12.8 Å². The summed E-state index contributed by atoms with van der Waals surface area (Å²) in [5.41, 5.74) is 3.91. The predicted octanol–water partition coefficient (Wildman–Crippen LogP) is 3.85. The summed E-state index contributed by atoms with van der Waals surface area (Å²) in [6.07, 6.45) is 2.45. The summed E-state index contributed by atoms with van der Waals surface area (Å²) in [4.78, 5) is 23.8. The lowest BCUT2D eigenvalue weighted by Gasteiger charge is -2.12. The summed E-state index contributed by atoms with van der Waals surface area (Å²) < 4.78 is 0. The van der Waals surface area contributed by atoms with Crippen LogP contribution in [0.1, 0.15) is 51.3 Å². The third kappa shape index (κ3) is 2.55. The highest BCUT2D eigenvalue weighted by molar-refractivity contribution is 6.13. The summed E-state index contributed by atoms with van der Waals surface area (Å²) in [6, 6.07) is 12.8. The molecule has 0 aromatic heterocycles. The number of hydrogen-bond donors (Lipinski definition) is 0. The molecule has 0 radical (unpaired) electrons. The van der Waals surface area contributed by atoms with Crippen molar-refractivity contribution in [2.45, 2.75) is 26.7 Å². The predicted molar refractivity (Wildman–Crippen MR) is 80.5 cm³/mol. The Morgan fingerprint density at radius 2 is 1.65 bits per heavy atom. The Kier molecular flexibility index (Phi) is 4.46. The fourth-order valence-electron chi connectivity index (χ4n) is 2.55. The van der Waals surface area contributed by atoms with Crippen LogP contribution in [0.3, 0.4) is 0 Å². The first-order valence-electron chi connectivity index (χ1n) is 6.92. The summed E-state index contributed by atoms with van der Waals surface area (Å²) in [5, 5.41) is 0. The number of carbonyl (C=O) groups is 2. The van der Waals surface area contributed by atoms with Crippen LogP contribution in [0.25, 0.3) is 0 Å². The first-order chi connectivity index (χ1) is 9.72. The van der Waals surface area contributed by atoms with Crippen molar-refractivity contribution in [1.82, 2.24) is 0 Å². The Bertz CT molecular complexity index is 642. The molecule has 0 aliphatic rings. The molecule has 102 valence electrons. The second kappa shape index (κ2) is 6.29. The van der Waals surface area contributed by atoms with E-state index in [1.54, 1.807) is 24.3 Å². The van der Waals surface area contributed by atoms with E-state index in [2.05, 4.69) is 19.9 Å². The van der Waals surface area contributed by atoms with Crippen LogP contribution in [0.2, 0.25) is 0 Å². The number of carbonyl (C=O) groups excluding carboxylic acids is 2. The molecule has 0 saturated carbocycles. The monoisotopic (exact) mass is 266 g/mol. The van der Waals surface area contributed by atoms with E-state index in [-0.39, 0.29) is 5.78 Å². The van der Waals surface area contributed by atoms with E-state index in [4.69, 9.17) is 0 Å². The minimum absolute atomic E-state index is 0.0696. The summed E-state index contributed by atoms with van der Waals surface area (Å²) in [7, 11) is 0. The Hall–Kier alpha value is -2.22. The molecule has 2 aromatic rings. The molecule has 0 amide bonds. The second-order valence-electron chi connectivity index (χ2n) is 4.68. The maximum atomic E-state index is 12.7. The van der Waals surface area contributed by atoms with E-state index in [0.29, 0.717) is 16.7 Å². The largest absolute Gasteiger partial charge is 0.298 e. The van der Waals surface area contributed by atoms with Gasteiger partial charge in [0, 0.05) is 16.7 Å². The van der Waals surface area contributed by atoms with Gasteiger partial charge in [-0.25, -0.2) is 0 Å². The van der Waals surface area contributed by atoms with Crippen LogP contribution in [0.5, 0.6) is 0 Å². The van der Waals surface area contributed by atoms with Crippen LogP contribution in [-0.4, -0.2) is 12.1 Å². The van der Waals surface area contributed by atoms with Crippen LogP contribution in [0.15, 0.2) is 42.5 Å². The highest BCUT2D eigenvalue weighted by atomic mass is 16.1. The zero-order valence-electron chi connectivity index (χ0n) is 11.8. The molecule has 0 unspecified atom stereocenters. The number of aryl methyl sites for hydroxylation is 1. The maximum Gasteiger partial charge on any atom is 0.194 e. The van der Waals surface area contributed by atoms with Gasteiger partial charge in [-0.1, -0.05) is 56.3 Å². The second-order valence-corrected chi connectivity index (χ2v) is 4.68. The molecular weight excluding hydrogens is 248 g/mol. The Labute approximate surface area is 119 Å². The van der Waals surface area contributed by atoms with Crippen molar-refractivity contribution in [3.8, 4) is 0 Å². The number of hydrogen-bond acceptors (Lipinski definition) is 2. The van der Waals surface area contributed by atoms with Crippen LogP contribution >= 0.6 is 0 Å². The molecule has 2 nitrogen and oxygen atoms in total. The van der Waals surface area contributed by atoms with E-state index in [9.17, 15) is 9.59 Å². The fourth-order valence-corrected chi connectivity index (χ4v) is 2.55. The van der Waals surface area contributed by atoms with Crippen molar-refractivity contribution in [1.29, 1.82) is 0 Å². The van der Waals surface area contributed by atoms with Crippen molar-refractivity contribution < 1.29 is 9.59 Å². The van der Waals surface area contributed by atoms with Gasteiger partial charge in [-0.05, 0) is 24.0 Å². The van der Waals surface area contributed by atoms with Crippen LogP contribution in [0, 0.1) is 0 Å². The molecule has 0 spiro atoms. The Morgan fingerprint density at radius 1 is 0.950 bits per heavy atom. The highest BCUT2D eigenvalue weighted by Gasteiger charge is 2.17. The molecule has 0 fully saturated rings. The average Bonchev–Trinajstić information content (AvgIpc) is 2.53. The Morgan fingerprint density at radius 3 is 2.30 bits per heavy atom. The number of aldehydes is 1. The number of ketones is 1. The maximum absolute atomic E-state index is 12.7. The lowest BCUT2D eigenvalue weighted by Crippen LogP contribution is -2.09. The number of rotatable bonds is 5. The van der Waals surface area contributed by atoms with Crippen molar-refractivity contribution in [3.05, 3.63) is 70.3 Å². The summed E-state index contributed by atoms with van der Waals surface area (Å²) in [5.74, 6) is -0.0696. The zero-order chi connectivity index (χ0) is 14.5. The Balaban J connectivity index is 2.56. The van der Waals surface area contributed by atoms with E-state index >= 15 is 0 Å². The molecule has 20 heavy (non-hydrogen) atoms. The molecule has 0 atom stereocenters. The highest BCUT2D eigenvalue weighted by Crippen LogP contribution is 2.21. The standard InChI is InChI=1S/C18H18O2/c1-3-13-9-7-11-17(15(13)4-2)18(20)16-10-6-5-8-14(16)12-19/h5-12H,3-4H2,1-2H3. The molecule has 0 aliphatic heterocycles. The molecule has 0 N–H and O–H groups in total. The molecule has 0 bridgehead atoms. The van der Waals surface area contributed by atoms with Gasteiger partial charge >= 0.3 is 0 Å². The normalized spacial score (nSPS) is 10.3. The molecule has 2 rings (SSSR count). The zero-order valence-corrected chi connectivity index (χ0v) is 11.8. The van der Waals surface area contributed by atoms with Crippen molar-refractivity contribution in [3.63, 3.8) is 0 Å². The first-order valence-corrected chi connectivity index (χ1v) is 6.92. The lowest BCUT2D eigenvalue weighted by molar-refractivity contribution is 0.102. The summed E-state index contributed by atoms with van der Waals surface area (Å²) in [6.45, 7) is 4.14. The summed E-state index contributed by atoms with van der Waals surface area (Å²) >= 11 is 0. The van der Waals surface area contributed by atoms with E-state index in [1.165, 1.54) is 5.56 Å². The molecule has 0 heterocycles. The molecule has 0 saturated heterocycles. The van der Waals surface area contributed by atoms with E-state index < -0.39 is 0 Å². The van der Waals surface area contributed by atoms with Gasteiger partial charge in [0.05, 0.1) is 0 Å². The molecule has 2 aromatic carbocycles. The van der Waals surface area contributed by atoms with Gasteiger partial charge in [0.15, 0.2) is 12.1 Å². The average molecular weight is 266 g/mol. The third-order valence-electron chi connectivity index (χ3n) is 3.58. The molecular formula is C18H18O2. The minimum Gasteiger partial charge on any atom is -0.298 e. The van der Waals surface area contributed by atoms with Gasteiger partial charge in [-0.15, -0.1) is 0 Å². The minimum atomic E-state index is -0.0696. The lowest BCUT2D eigenvalue weighted by atomic mass is 9.91. The van der Waals surface area contributed by atoms with E-state index in [0.717, 1.165) is 24.7 Å². The van der Waals surface area contributed by atoms with Crippen LogP contribution < -0.4 is 0 Å². The fraction of sp³-hybridized carbons (Fsp3) is 0.222. The topological polar surface area (TPSA) is 34.1 Å².